The summed E-state index contributed by atoms with van der Waals surface area (Å²) in [7, 11) is 1.58. The smallest absolute Gasteiger partial charge is 0.148 e. The minimum Gasteiger partial charge on any atom is -0.495 e. The van der Waals surface area contributed by atoms with Crippen LogP contribution in [0.1, 0.15) is 22.4 Å². The van der Waals surface area contributed by atoms with E-state index < -0.39 is 0 Å². The zero-order valence-electron chi connectivity index (χ0n) is 12.4. The summed E-state index contributed by atoms with van der Waals surface area (Å²) in [6.45, 7) is 5.69. The highest BCUT2D eigenvalue weighted by Crippen LogP contribution is 2.33. The molecule has 108 valence electrons. The van der Waals surface area contributed by atoms with Crippen LogP contribution in [-0.2, 0) is 0 Å². The van der Waals surface area contributed by atoms with Gasteiger partial charge in [0.05, 0.1) is 18.4 Å². The lowest BCUT2D eigenvalue weighted by molar-refractivity contribution is 0.416. The number of halogens is 1. The molecule has 1 heterocycles. The van der Waals surface area contributed by atoms with E-state index in [0.717, 1.165) is 22.5 Å². The lowest BCUT2D eigenvalue weighted by Crippen LogP contribution is -2.02. The van der Waals surface area contributed by atoms with E-state index in [0.29, 0.717) is 22.2 Å². The van der Waals surface area contributed by atoms with Gasteiger partial charge in [0.25, 0.3) is 0 Å². The average Bonchev–Trinajstić information content (AvgIpc) is 2.42. The number of anilines is 2. The number of nitrogens with zero attached hydrogens (tertiary/aromatic N) is 2. The predicted molar refractivity (Wildman–Crippen MR) is 84.4 cm³/mol. The van der Waals surface area contributed by atoms with Crippen molar-refractivity contribution in [2.24, 2.45) is 0 Å². The molecule has 1 aromatic heterocycles. The number of nitrogens with one attached hydrogen (secondary N) is 1. The fraction of sp³-hybridized carbons (Fsp3) is 0.250. The second-order valence-corrected chi connectivity index (χ2v) is 5.25. The molecule has 2 aromatic rings. The van der Waals surface area contributed by atoms with Crippen molar-refractivity contribution in [2.45, 2.75) is 20.8 Å². The van der Waals surface area contributed by atoms with Crippen molar-refractivity contribution in [3.63, 3.8) is 0 Å². The lowest BCUT2D eigenvalue weighted by atomic mass is 10.1. The molecule has 0 spiro atoms. The van der Waals surface area contributed by atoms with E-state index in [1.165, 1.54) is 0 Å². The van der Waals surface area contributed by atoms with E-state index in [-0.39, 0.29) is 0 Å². The Kier molecular flexibility index (Phi) is 4.35. The largest absolute Gasteiger partial charge is 0.495 e. The molecule has 1 aromatic carbocycles. The van der Waals surface area contributed by atoms with Crippen LogP contribution >= 0.6 is 11.6 Å². The molecule has 0 aliphatic heterocycles. The highest BCUT2D eigenvalue weighted by Gasteiger charge is 2.12. The molecule has 0 radical (unpaired) electrons. The van der Waals surface area contributed by atoms with Crippen molar-refractivity contribution in [1.82, 2.24) is 4.98 Å². The van der Waals surface area contributed by atoms with Crippen LogP contribution in [0.2, 0.25) is 5.02 Å². The molecule has 0 fully saturated rings. The van der Waals surface area contributed by atoms with Crippen molar-refractivity contribution in [1.29, 1.82) is 5.26 Å². The van der Waals surface area contributed by atoms with Gasteiger partial charge >= 0.3 is 0 Å². The topological polar surface area (TPSA) is 57.9 Å². The number of aryl methyl sites for hydroxylation is 3. The molecule has 0 saturated heterocycles. The molecule has 0 aliphatic rings. The molecule has 21 heavy (non-hydrogen) atoms. The van der Waals surface area contributed by atoms with Crippen LogP contribution in [0.5, 0.6) is 5.75 Å². The summed E-state index contributed by atoms with van der Waals surface area (Å²) in [6, 6.07) is 7.69. The van der Waals surface area contributed by atoms with E-state index in [1.54, 1.807) is 13.2 Å². The monoisotopic (exact) mass is 301 g/mol. The van der Waals surface area contributed by atoms with Gasteiger partial charge in [-0.3, -0.25) is 0 Å². The first-order valence-corrected chi connectivity index (χ1v) is 6.83. The Balaban J connectivity index is 2.53. The average molecular weight is 302 g/mol. The highest BCUT2D eigenvalue weighted by molar-refractivity contribution is 6.31. The maximum absolute atomic E-state index is 9.31. The van der Waals surface area contributed by atoms with Gasteiger partial charge in [-0.2, -0.15) is 5.26 Å². The van der Waals surface area contributed by atoms with Crippen molar-refractivity contribution in [3.8, 4) is 11.8 Å². The number of benzene rings is 1. The van der Waals surface area contributed by atoms with Gasteiger partial charge in [-0.15, -0.1) is 0 Å². The van der Waals surface area contributed by atoms with Gasteiger partial charge < -0.3 is 10.1 Å². The third kappa shape index (κ3) is 3.09. The molecular formula is C16H16ClN3O. The number of methoxy groups -OCH3 is 1. The van der Waals surface area contributed by atoms with Crippen LogP contribution in [0.4, 0.5) is 11.5 Å². The quantitative estimate of drug-likeness (QED) is 0.919. The highest BCUT2D eigenvalue weighted by atomic mass is 35.5. The molecule has 0 unspecified atom stereocenters. The van der Waals surface area contributed by atoms with Crippen LogP contribution in [0, 0.1) is 32.1 Å². The van der Waals surface area contributed by atoms with E-state index in [9.17, 15) is 5.26 Å². The Bertz CT molecular complexity index is 735. The second-order valence-electron chi connectivity index (χ2n) is 4.84. The van der Waals surface area contributed by atoms with Gasteiger partial charge in [-0.05, 0) is 44.0 Å². The molecule has 0 atom stereocenters. The van der Waals surface area contributed by atoms with Crippen molar-refractivity contribution in [2.75, 3.05) is 12.4 Å². The summed E-state index contributed by atoms with van der Waals surface area (Å²) in [5, 5.41) is 13.1. The molecule has 1 N–H and O–H groups in total. The van der Waals surface area contributed by atoms with E-state index in [1.807, 2.05) is 32.9 Å². The Morgan fingerprint density at radius 1 is 1.19 bits per heavy atom. The molecular weight excluding hydrogens is 286 g/mol. The summed E-state index contributed by atoms with van der Waals surface area (Å²) in [6.07, 6.45) is 0. The first-order valence-electron chi connectivity index (χ1n) is 6.45. The number of ether oxygens (including phenoxy) is 1. The van der Waals surface area contributed by atoms with Gasteiger partial charge in [0.2, 0.25) is 0 Å². The minimum atomic E-state index is 0.523. The maximum Gasteiger partial charge on any atom is 0.148 e. The molecule has 4 nitrogen and oxygen atoms in total. The minimum absolute atomic E-state index is 0.523. The second kappa shape index (κ2) is 6.02. The summed E-state index contributed by atoms with van der Waals surface area (Å²) in [4.78, 5) is 4.41. The summed E-state index contributed by atoms with van der Waals surface area (Å²) in [5.74, 6) is 1.13. The lowest BCUT2D eigenvalue weighted by Gasteiger charge is -2.14. The van der Waals surface area contributed by atoms with Crippen LogP contribution in [0.15, 0.2) is 18.2 Å². The number of nitriles is 1. The van der Waals surface area contributed by atoms with Crippen LogP contribution < -0.4 is 10.1 Å². The molecule has 0 aliphatic carbocycles. The molecule has 0 amide bonds. The first-order chi connectivity index (χ1) is 9.96. The zero-order valence-corrected chi connectivity index (χ0v) is 13.2. The summed E-state index contributed by atoms with van der Waals surface area (Å²) >= 11 is 6.10. The van der Waals surface area contributed by atoms with E-state index >= 15 is 0 Å². The summed E-state index contributed by atoms with van der Waals surface area (Å²) < 4.78 is 5.33. The molecule has 5 heteroatoms. The van der Waals surface area contributed by atoms with Crippen molar-refractivity contribution >= 4 is 23.1 Å². The number of rotatable bonds is 3. The van der Waals surface area contributed by atoms with E-state index in [2.05, 4.69) is 16.4 Å². The normalized spacial score (nSPS) is 10.1. The Hall–Kier alpha value is -2.25. The molecule has 2 rings (SSSR count). The SMILES string of the molecule is COc1cc(Cl)c(C)cc1Nc1nc(C)cc(C)c1C#N. The molecule has 0 bridgehead atoms. The zero-order chi connectivity index (χ0) is 15.6. The van der Waals surface area contributed by atoms with Gasteiger partial charge in [0, 0.05) is 16.8 Å². The first kappa shape index (κ1) is 15.1. The molecule has 0 saturated carbocycles. The fourth-order valence-corrected chi connectivity index (χ4v) is 2.28. The number of hydrogen-bond donors (Lipinski definition) is 1. The summed E-state index contributed by atoms with van der Waals surface area (Å²) in [5.41, 5.74) is 3.90. The van der Waals surface area contributed by atoms with Crippen molar-refractivity contribution in [3.05, 3.63) is 45.6 Å². The van der Waals surface area contributed by atoms with E-state index in [4.69, 9.17) is 16.3 Å². The van der Waals surface area contributed by atoms with Crippen LogP contribution in [0.3, 0.4) is 0 Å². The fourth-order valence-electron chi connectivity index (χ4n) is 2.13. The standard InChI is InChI=1S/C16H16ClN3O/c1-9-5-11(3)19-16(12(9)8-18)20-14-6-10(2)13(17)7-15(14)21-4/h5-7H,1-4H3,(H,19,20). The van der Waals surface area contributed by atoms with Crippen LogP contribution in [0.25, 0.3) is 0 Å². The maximum atomic E-state index is 9.31. The third-order valence-corrected chi connectivity index (χ3v) is 3.60. The predicted octanol–water partition coefficient (Wildman–Crippen LogP) is 4.28. The van der Waals surface area contributed by atoms with Gasteiger partial charge in [-0.1, -0.05) is 11.6 Å². The number of hydrogen-bond acceptors (Lipinski definition) is 4. The third-order valence-electron chi connectivity index (χ3n) is 3.19. The Morgan fingerprint density at radius 3 is 2.52 bits per heavy atom. The van der Waals surface area contributed by atoms with Crippen molar-refractivity contribution < 1.29 is 4.74 Å². The number of pyridine rings is 1. The van der Waals surface area contributed by atoms with Crippen LogP contribution in [-0.4, -0.2) is 12.1 Å². The Labute approximate surface area is 129 Å². The van der Waals surface area contributed by atoms with Gasteiger partial charge in [-0.25, -0.2) is 4.98 Å². The number of aromatic nitrogens is 1. The Morgan fingerprint density at radius 2 is 1.90 bits per heavy atom. The van der Waals surface area contributed by atoms with Gasteiger partial charge in [0.15, 0.2) is 0 Å². The van der Waals surface area contributed by atoms with Gasteiger partial charge in [0.1, 0.15) is 17.6 Å².